The Morgan fingerprint density at radius 1 is 0.969 bits per heavy atom. The molecule has 170 valence electrons. The summed E-state index contributed by atoms with van der Waals surface area (Å²) in [5.41, 5.74) is 1.10. The van der Waals surface area contributed by atoms with Gasteiger partial charge in [0.1, 0.15) is 5.82 Å². The minimum atomic E-state index is -0.514. The molecular weight excluding hydrogens is 457 g/mol. The standard InChI is InChI=1S/C21H23Cl2N5O4/c22-15-1-2-16(17(23)10-15)21(31)27-13-20(30)26-12-19(29)25-11-14-3-4-24-18(9-14)28-5-7-32-8-6-28/h1-4,9-10H,5-8,11-13H2,(H,25,29)(H,26,30)(H,27,31). The van der Waals surface area contributed by atoms with Crippen molar-refractivity contribution in [2.75, 3.05) is 44.3 Å². The van der Waals surface area contributed by atoms with Gasteiger partial charge in [-0.15, -0.1) is 0 Å². The number of amides is 3. The summed E-state index contributed by atoms with van der Waals surface area (Å²) < 4.78 is 5.34. The first kappa shape index (κ1) is 23.8. The van der Waals surface area contributed by atoms with E-state index in [9.17, 15) is 14.4 Å². The third kappa shape index (κ3) is 7.08. The Morgan fingerprint density at radius 2 is 1.69 bits per heavy atom. The van der Waals surface area contributed by atoms with Gasteiger partial charge < -0.3 is 25.6 Å². The van der Waals surface area contributed by atoms with E-state index in [-0.39, 0.29) is 29.6 Å². The summed E-state index contributed by atoms with van der Waals surface area (Å²) in [7, 11) is 0. The van der Waals surface area contributed by atoms with Crippen LogP contribution in [-0.2, 0) is 20.9 Å². The summed E-state index contributed by atoms with van der Waals surface area (Å²) in [6.07, 6.45) is 1.70. The maximum atomic E-state index is 12.1. The quantitative estimate of drug-likeness (QED) is 0.527. The van der Waals surface area contributed by atoms with Gasteiger partial charge in [-0.2, -0.15) is 0 Å². The molecule has 1 aliphatic heterocycles. The lowest BCUT2D eigenvalue weighted by molar-refractivity contribution is -0.125. The number of halogens is 2. The number of pyridine rings is 1. The molecule has 9 nitrogen and oxygen atoms in total. The van der Waals surface area contributed by atoms with Crippen LogP contribution in [0, 0.1) is 0 Å². The molecule has 0 saturated carbocycles. The van der Waals surface area contributed by atoms with Crippen LogP contribution in [0.4, 0.5) is 5.82 Å². The molecule has 3 N–H and O–H groups in total. The van der Waals surface area contributed by atoms with Gasteiger partial charge in [0, 0.05) is 30.9 Å². The highest BCUT2D eigenvalue weighted by Crippen LogP contribution is 2.20. The SMILES string of the molecule is O=C(CNC(=O)CNC(=O)c1ccc(Cl)cc1Cl)NCc1ccnc(N2CCOCC2)c1. The number of rotatable bonds is 8. The van der Waals surface area contributed by atoms with E-state index in [4.69, 9.17) is 27.9 Å². The molecule has 32 heavy (non-hydrogen) atoms. The van der Waals surface area contributed by atoms with E-state index in [1.807, 2.05) is 12.1 Å². The van der Waals surface area contributed by atoms with E-state index in [1.54, 1.807) is 6.20 Å². The van der Waals surface area contributed by atoms with Crippen molar-refractivity contribution in [1.29, 1.82) is 0 Å². The molecule has 1 aromatic heterocycles. The molecule has 3 amide bonds. The summed E-state index contributed by atoms with van der Waals surface area (Å²) >= 11 is 11.8. The molecule has 11 heteroatoms. The number of morpholine rings is 1. The minimum absolute atomic E-state index is 0.183. The van der Waals surface area contributed by atoms with Crippen LogP contribution in [0.5, 0.6) is 0 Å². The molecule has 3 rings (SSSR count). The summed E-state index contributed by atoms with van der Waals surface area (Å²) in [6.45, 7) is 2.67. The lowest BCUT2D eigenvalue weighted by atomic mass is 10.2. The fraction of sp³-hybridized carbons (Fsp3) is 0.333. The van der Waals surface area contributed by atoms with E-state index < -0.39 is 11.8 Å². The smallest absolute Gasteiger partial charge is 0.253 e. The second-order valence-electron chi connectivity index (χ2n) is 6.98. The summed E-state index contributed by atoms with van der Waals surface area (Å²) in [4.78, 5) is 42.6. The first-order valence-electron chi connectivity index (χ1n) is 9.96. The lowest BCUT2D eigenvalue weighted by Gasteiger charge is -2.28. The predicted octanol–water partition coefficient (Wildman–Crippen LogP) is 1.39. The second kappa shape index (κ2) is 11.7. The van der Waals surface area contributed by atoms with Crippen molar-refractivity contribution in [3.8, 4) is 0 Å². The molecule has 1 fully saturated rings. The van der Waals surface area contributed by atoms with Crippen molar-refractivity contribution in [2.45, 2.75) is 6.54 Å². The van der Waals surface area contributed by atoms with Crippen LogP contribution in [0.2, 0.25) is 10.0 Å². The number of carbonyl (C=O) groups is 3. The fourth-order valence-corrected chi connectivity index (χ4v) is 3.46. The molecule has 1 saturated heterocycles. The molecule has 0 bridgehead atoms. The molecule has 1 aliphatic rings. The van der Waals surface area contributed by atoms with Gasteiger partial charge in [0.25, 0.3) is 5.91 Å². The van der Waals surface area contributed by atoms with Crippen molar-refractivity contribution in [2.24, 2.45) is 0 Å². The Kier molecular flexibility index (Phi) is 8.66. The van der Waals surface area contributed by atoms with E-state index in [1.165, 1.54) is 18.2 Å². The maximum Gasteiger partial charge on any atom is 0.253 e. The van der Waals surface area contributed by atoms with Crippen LogP contribution >= 0.6 is 23.2 Å². The van der Waals surface area contributed by atoms with Crippen molar-refractivity contribution in [3.05, 3.63) is 57.7 Å². The van der Waals surface area contributed by atoms with Crippen LogP contribution in [-0.4, -0.2) is 62.1 Å². The Bertz CT molecular complexity index is 982. The monoisotopic (exact) mass is 479 g/mol. The summed E-state index contributed by atoms with van der Waals surface area (Å²) in [6, 6.07) is 8.17. The van der Waals surface area contributed by atoms with E-state index in [0.29, 0.717) is 24.8 Å². The summed E-state index contributed by atoms with van der Waals surface area (Å²) in [5.74, 6) is -0.530. The van der Waals surface area contributed by atoms with E-state index in [0.717, 1.165) is 24.5 Å². The maximum absolute atomic E-state index is 12.1. The molecule has 2 heterocycles. The normalized spacial score (nSPS) is 13.4. The topological polar surface area (TPSA) is 113 Å². The van der Waals surface area contributed by atoms with Crippen LogP contribution in [0.1, 0.15) is 15.9 Å². The van der Waals surface area contributed by atoms with Crippen molar-refractivity contribution >= 4 is 46.7 Å². The number of hydrogen-bond acceptors (Lipinski definition) is 6. The minimum Gasteiger partial charge on any atom is -0.378 e. The Hall–Kier alpha value is -2.88. The van der Waals surface area contributed by atoms with Gasteiger partial charge in [0.2, 0.25) is 11.8 Å². The fourth-order valence-electron chi connectivity index (χ4n) is 2.97. The average Bonchev–Trinajstić information content (AvgIpc) is 2.80. The Balaban J connectivity index is 1.38. The molecule has 0 aliphatic carbocycles. The third-order valence-electron chi connectivity index (χ3n) is 4.67. The number of aromatic nitrogens is 1. The van der Waals surface area contributed by atoms with Crippen LogP contribution < -0.4 is 20.9 Å². The number of carbonyl (C=O) groups excluding carboxylic acids is 3. The largest absolute Gasteiger partial charge is 0.378 e. The number of anilines is 1. The van der Waals surface area contributed by atoms with Crippen molar-refractivity contribution in [1.82, 2.24) is 20.9 Å². The highest BCUT2D eigenvalue weighted by molar-refractivity contribution is 6.36. The van der Waals surface area contributed by atoms with Crippen molar-refractivity contribution < 1.29 is 19.1 Å². The molecular formula is C21H23Cl2N5O4. The Labute approximate surface area is 195 Å². The highest BCUT2D eigenvalue weighted by Gasteiger charge is 2.14. The number of benzene rings is 1. The van der Waals surface area contributed by atoms with Crippen LogP contribution in [0.15, 0.2) is 36.5 Å². The molecule has 1 aromatic carbocycles. The van der Waals surface area contributed by atoms with E-state index >= 15 is 0 Å². The molecule has 0 unspecified atom stereocenters. The molecule has 0 spiro atoms. The number of nitrogens with zero attached hydrogens (tertiary/aromatic N) is 2. The molecule has 0 radical (unpaired) electrons. The van der Waals surface area contributed by atoms with Gasteiger partial charge in [-0.3, -0.25) is 14.4 Å². The lowest BCUT2D eigenvalue weighted by Crippen LogP contribution is -2.41. The van der Waals surface area contributed by atoms with Crippen LogP contribution in [0.25, 0.3) is 0 Å². The van der Waals surface area contributed by atoms with Gasteiger partial charge in [0.15, 0.2) is 0 Å². The summed E-state index contributed by atoms with van der Waals surface area (Å²) in [5, 5.41) is 8.24. The van der Waals surface area contributed by atoms with Gasteiger partial charge in [-0.1, -0.05) is 23.2 Å². The Morgan fingerprint density at radius 3 is 2.44 bits per heavy atom. The van der Waals surface area contributed by atoms with Crippen LogP contribution in [0.3, 0.4) is 0 Å². The first-order chi connectivity index (χ1) is 15.4. The third-order valence-corrected chi connectivity index (χ3v) is 5.21. The molecule has 0 atom stereocenters. The highest BCUT2D eigenvalue weighted by atomic mass is 35.5. The number of hydrogen-bond donors (Lipinski definition) is 3. The second-order valence-corrected chi connectivity index (χ2v) is 7.83. The number of nitrogens with one attached hydrogen (secondary N) is 3. The zero-order valence-electron chi connectivity index (χ0n) is 17.2. The van der Waals surface area contributed by atoms with Gasteiger partial charge >= 0.3 is 0 Å². The molecule has 2 aromatic rings. The zero-order chi connectivity index (χ0) is 22.9. The van der Waals surface area contributed by atoms with Gasteiger partial charge in [0.05, 0.1) is 36.9 Å². The van der Waals surface area contributed by atoms with Gasteiger partial charge in [-0.25, -0.2) is 4.98 Å². The number of ether oxygens (including phenoxy) is 1. The van der Waals surface area contributed by atoms with Crippen molar-refractivity contribution in [3.63, 3.8) is 0 Å². The first-order valence-corrected chi connectivity index (χ1v) is 10.7. The predicted molar refractivity (Wildman–Crippen MR) is 121 cm³/mol. The zero-order valence-corrected chi connectivity index (χ0v) is 18.7. The van der Waals surface area contributed by atoms with E-state index in [2.05, 4.69) is 25.8 Å². The van der Waals surface area contributed by atoms with Gasteiger partial charge in [-0.05, 0) is 35.9 Å². The average molecular weight is 480 g/mol.